The van der Waals surface area contributed by atoms with Crippen LogP contribution in [0.25, 0.3) is 0 Å². The van der Waals surface area contributed by atoms with Crippen molar-refractivity contribution in [2.24, 2.45) is 11.5 Å². The maximum Gasteiger partial charge on any atom is 0.423 e. The van der Waals surface area contributed by atoms with Gasteiger partial charge in [0.2, 0.25) is 11.8 Å². The van der Waals surface area contributed by atoms with E-state index >= 15 is 0 Å². The first-order chi connectivity index (χ1) is 18.3. The van der Waals surface area contributed by atoms with Crippen LogP contribution in [0.5, 0.6) is 0 Å². The number of benzene rings is 1. The lowest BCUT2D eigenvalue weighted by Crippen LogP contribution is -2.59. The Kier molecular flexibility index (Phi) is 10.5. The lowest BCUT2D eigenvalue weighted by atomic mass is 10.0. The molecule has 5 amide bonds. The van der Waals surface area contributed by atoms with Gasteiger partial charge >= 0.3 is 6.09 Å². The number of aromatic nitrogens is 2. The molecule has 3 rings (SSSR count). The van der Waals surface area contributed by atoms with E-state index in [2.05, 4.69) is 20.6 Å². The van der Waals surface area contributed by atoms with Gasteiger partial charge in [-0.3, -0.25) is 19.2 Å². The van der Waals surface area contributed by atoms with Gasteiger partial charge in [0, 0.05) is 19.0 Å². The first-order valence-corrected chi connectivity index (χ1v) is 12.4. The van der Waals surface area contributed by atoms with E-state index in [-0.39, 0.29) is 25.9 Å². The molecule has 204 valence electrons. The fraction of sp³-hybridized carbons (Fsp3) is 0.440. The van der Waals surface area contributed by atoms with Crippen LogP contribution >= 0.6 is 0 Å². The molecule has 1 unspecified atom stereocenters. The maximum atomic E-state index is 13.7. The average molecular weight is 528 g/mol. The van der Waals surface area contributed by atoms with Gasteiger partial charge in [-0.15, -0.1) is 0 Å². The number of piperidine rings is 1. The van der Waals surface area contributed by atoms with Gasteiger partial charge in [0.1, 0.15) is 12.6 Å². The number of rotatable bonds is 11. The number of carbonyl (C=O) groups is 5. The van der Waals surface area contributed by atoms with E-state index in [9.17, 15) is 24.0 Å². The van der Waals surface area contributed by atoms with E-state index < -0.39 is 47.8 Å². The molecule has 2 heterocycles. The summed E-state index contributed by atoms with van der Waals surface area (Å²) in [6.45, 7) is 0.392. The molecular formula is C25H33N7O6. The highest BCUT2D eigenvalue weighted by Gasteiger charge is 2.40. The molecule has 38 heavy (non-hydrogen) atoms. The van der Waals surface area contributed by atoms with Gasteiger partial charge < -0.3 is 31.8 Å². The van der Waals surface area contributed by atoms with E-state index in [1.165, 1.54) is 12.5 Å². The second-order valence-corrected chi connectivity index (χ2v) is 8.99. The van der Waals surface area contributed by atoms with Gasteiger partial charge in [-0.25, -0.2) is 9.78 Å². The third kappa shape index (κ3) is 8.21. The Morgan fingerprint density at radius 1 is 1.16 bits per heavy atom. The van der Waals surface area contributed by atoms with Crippen LogP contribution in [-0.2, 0) is 36.9 Å². The quantitative estimate of drug-likeness (QED) is 0.264. The van der Waals surface area contributed by atoms with Crippen molar-refractivity contribution in [3.8, 4) is 0 Å². The summed E-state index contributed by atoms with van der Waals surface area (Å²) in [4.78, 5) is 71.5. The van der Waals surface area contributed by atoms with Gasteiger partial charge in [-0.2, -0.15) is 4.90 Å². The number of imide groups is 3. The summed E-state index contributed by atoms with van der Waals surface area (Å²) < 4.78 is 5.33. The van der Waals surface area contributed by atoms with Gasteiger partial charge in [-0.05, 0) is 31.4 Å². The molecule has 1 aromatic carbocycles. The summed E-state index contributed by atoms with van der Waals surface area (Å²) in [5, 5.41) is 5.54. The molecule has 7 N–H and O–H groups in total. The minimum atomic E-state index is -1.37. The fourth-order valence-electron chi connectivity index (χ4n) is 3.97. The Hall–Kier alpha value is -4.10. The average Bonchev–Trinajstić information content (AvgIpc) is 3.44. The molecular weight excluding hydrogens is 494 g/mol. The molecule has 0 saturated carbocycles. The third-order valence-electron chi connectivity index (χ3n) is 6.06. The number of ether oxygens (including phenoxy) is 1. The van der Waals surface area contributed by atoms with Crippen LogP contribution in [0.15, 0.2) is 42.9 Å². The summed E-state index contributed by atoms with van der Waals surface area (Å²) in [6.07, 6.45) is 3.48. The highest BCUT2D eigenvalue weighted by atomic mass is 16.6. The Morgan fingerprint density at radius 2 is 1.92 bits per heavy atom. The van der Waals surface area contributed by atoms with E-state index in [1.807, 2.05) is 0 Å². The van der Waals surface area contributed by atoms with Gasteiger partial charge in [0.15, 0.2) is 0 Å². The van der Waals surface area contributed by atoms with Crippen molar-refractivity contribution in [1.29, 1.82) is 0 Å². The van der Waals surface area contributed by atoms with E-state index in [0.29, 0.717) is 29.1 Å². The predicted octanol–water partition coefficient (Wildman–Crippen LogP) is -0.136. The van der Waals surface area contributed by atoms with Crippen molar-refractivity contribution < 1.29 is 28.7 Å². The molecule has 1 aliphatic heterocycles. The number of nitrogens with one attached hydrogen (secondary N) is 3. The minimum absolute atomic E-state index is 0.0434. The zero-order valence-corrected chi connectivity index (χ0v) is 20.9. The number of amides is 5. The molecule has 2 aromatic rings. The highest BCUT2D eigenvalue weighted by molar-refractivity contribution is 6.12. The zero-order chi connectivity index (χ0) is 27.5. The Morgan fingerprint density at radius 3 is 2.55 bits per heavy atom. The number of hydrogen-bond donors (Lipinski definition) is 5. The molecule has 0 spiro atoms. The summed E-state index contributed by atoms with van der Waals surface area (Å²) in [5.41, 5.74) is 12.1. The highest BCUT2D eigenvalue weighted by Crippen LogP contribution is 2.15. The number of nitrogens with zero attached hydrogens (tertiary/aromatic N) is 2. The van der Waals surface area contributed by atoms with Crippen molar-refractivity contribution in [2.75, 3.05) is 6.54 Å². The normalized spacial score (nSPS) is 16.6. The predicted molar refractivity (Wildman–Crippen MR) is 135 cm³/mol. The Bertz CT molecular complexity index is 1100. The topological polar surface area (TPSA) is 203 Å². The van der Waals surface area contributed by atoms with Gasteiger partial charge in [0.05, 0.1) is 24.1 Å². The molecule has 1 saturated heterocycles. The smallest absolute Gasteiger partial charge is 0.423 e. The lowest BCUT2D eigenvalue weighted by Gasteiger charge is -2.30. The number of imidazole rings is 1. The maximum absolute atomic E-state index is 13.7. The molecule has 1 aliphatic rings. The number of hydrogen-bond acceptors (Lipinski definition) is 9. The van der Waals surface area contributed by atoms with Crippen molar-refractivity contribution >= 4 is 29.7 Å². The van der Waals surface area contributed by atoms with Crippen molar-refractivity contribution in [3.63, 3.8) is 0 Å². The second kappa shape index (κ2) is 14.0. The van der Waals surface area contributed by atoms with Crippen LogP contribution in [0.1, 0.15) is 43.4 Å². The molecule has 1 fully saturated rings. The first kappa shape index (κ1) is 28.5. The van der Waals surface area contributed by atoms with Crippen LogP contribution in [0.4, 0.5) is 4.79 Å². The summed E-state index contributed by atoms with van der Waals surface area (Å²) in [5.74, 6) is -3.14. The van der Waals surface area contributed by atoms with Crippen molar-refractivity contribution in [2.45, 2.75) is 63.3 Å². The summed E-state index contributed by atoms with van der Waals surface area (Å²) >= 11 is 0. The zero-order valence-electron chi connectivity index (χ0n) is 20.9. The van der Waals surface area contributed by atoms with Crippen LogP contribution in [0.2, 0.25) is 0 Å². The monoisotopic (exact) mass is 527 g/mol. The lowest BCUT2D eigenvalue weighted by molar-refractivity contribution is -0.147. The second-order valence-electron chi connectivity index (χ2n) is 8.99. The standard InChI is InChI=1S/C25H33N7O6/c26-18(9-10-21(27)33)22(34)31-20(12-17-13-28-15-30-17)24(36)32(23(35)19-8-4-5-11-29-19)25(37)38-14-16-6-2-1-3-7-16/h1-3,6-7,13,15,18-20,29H,4-5,8-12,14,26H2,(H2,27,33)(H,28,30)(H,31,34)/t18-,19?,20-/m0/s1. The Balaban J connectivity index is 1.84. The molecule has 0 aliphatic carbocycles. The van der Waals surface area contributed by atoms with Crippen molar-refractivity contribution in [3.05, 3.63) is 54.1 Å². The molecule has 13 nitrogen and oxygen atoms in total. The number of primary amides is 1. The molecule has 1 aromatic heterocycles. The minimum Gasteiger partial charge on any atom is -0.444 e. The van der Waals surface area contributed by atoms with Crippen LogP contribution in [0.3, 0.4) is 0 Å². The van der Waals surface area contributed by atoms with E-state index in [0.717, 1.165) is 12.8 Å². The molecule has 0 bridgehead atoms. The van der Waals surface area contributed by atoms with Gasteiger partial charge in [0.25, 0.3) is 11.8 Å². The first-order valence-electron chi connectivity index (χ1n) is 12.4. The van der Waals surface area contributed by atoms with E-state index in [4.69, 9.17) is 16.2 Å². The fourth-order valence-corrected chi connectivity index (χ4v) is 3.97. The largest absolute Gasteiger partial charge is 0.444 e. The van der Waals surface area contributed by atoms with Crippen LogP contribution < -0.4 is 22.1 Å². The van der Waals surface area contributed by atoms with Gasteiger partial charge in [-0.1, -0.05) is 36.8 Å². The molecule has 3 atom stereocenters. The van der Waals surface area contributed by atoms with Crippen molar-refractivity contribution in [1.82, 2.24) is 25.5 Å². The molecule has 13 heteroatoms. The SMILES string of the molecule is NC(=O)CC[C@H](N)C(=O)N[C@@H](Cc1c[nH]cn1)C(=O)N(C(=O)OCc1ccccc1)C(=O)C1CCCCN1. The van der Waals surface area contributed by atoms with Crippen LogP contribution in [0, 0.1) is 0 Å². The summed E-state index contributed by atoms with van der Waals surface area (Å²) in [7, 11) is 0. The van der Waals surface area contributed by atoms with E-state index in [1.54, 1.807) is 30.3 Å². The number of H-pyrrole nitrogens is 1. The molecule has 0 radical (unpaired) electrons. The number of carbonyl (C=O) groups excluding carboxylic acids is 5. The van der Waals surface area contributed by atoms with Crippen LogP contribution in [-0.4, -0.2) is 69.3 Å². The number of nitrogens with two attached hydrogens (primary N) is 2. The summed E-state index contributed by atoms with van der Waals surface area (Å²) in [6, 6.07) is 5.51. The Labute approximate surface area is 219 Å². The number of aromatic amines is 1. The third-order valence-corrected chi connectivity index (χ3v) is 6.06.